The maximum absolute atomic E-state index is 12.0. The molecule has 5 nitrogen and oxygen atoms in total. The molecule has 4 rings (SSSR count). The van der Waals surface area contributed by atoms with Gasteiger partial charge in [-0.2, -0.15) is 0 Å². The van der Waals surface area contributed by atoms with E-state index >= 15 is 0 Å². The molecule has 1 aliphatic carbocycles. The van der Waals surface area contributed by atoms with Gasteiger partial charge in [0.15, 0.2) is 11.4 Å². The normalized spacial score (nSPS) is 16.9. The second-order valence-corrected chi connectivity index (χ2v) is 9.93. The molecule has 0 amide bonds. The lowest BCUT2D eigenvalue weighted by molar-refractivity contribution is -0.904. The Bertz CT molecular complexity index is 981. The van der Waals surface area contributed by atoms with Crippen LogP contribution in [0.15, 0.2) is 71.3 Å². The average molecular weight is 450 g/mol. The molecule has 1 saturated carbocycles. The summed E-state index contributed by atoms with van der Waals surface area (Å²) < 4.78 is 12.9. The van der Waals surface area contributed by atoms with E-state index < -0.39 is 5.60 Å². The number of rotatable bonds is 10. The lowest BCUT2D eigenvalue weighted by Crippen LogP contribution is -2.40. The van der Waals surface area contributed by atoms with E-state index in [-0.39, 0.29) is 5.92 Å². The molecule has 3 aromatic rings. The minimum absolute atomic E-state index is 0.123. The SMILES string of the molecule is C[N+](C)(CCCOc1ccccc1)Cc1cnc(C(O)(c2ccccc2)C2CCCCC2)o1. The molecule has 2 aromatic carbocycles. The van der Waals surface area contributed by atoms with Gasteiger partial charge in [-0.15, -0.1) is 0 Å². The molecule has 1 N–H and O–H groups in total. The number of hydrogen-bond acceptors (Lipinski definition) is 4. The predicted molar refractivity (Wildman–Crippen MR) is 130 cm³/mol. The summed E-state index contributed by atoms with van der Waals surface area (Å²) in [6.07, 6.45) is 8.24. The van der Waals surface area contributed by atoms with Crippen LogP contribution in [0, 0.1) is 5.92 Å². The lowest BCUT2D eigenvalue weighted by atomic mass is 9.73. The number of aliphatic hydroxyl groups is 1. The number of hydrogen-bond donors (Lipinski definition) is 1. The number of para-hydroxylation sites is 1. The first kappa shape index (κ1) is 23.5. The van der Waals surface area contributed by atoms with Gasteiger partial charge >= 0.3 is 0 Å². The highest BCUT2D eigenvalue weighted by Crippen LogP contribution is 2.43. The molecule has 0 saturated heterocycles. The van der Waals surface area contributed by atoms with E-state index in [1.54, 1.807) is 6.20 Å². The van der Waals surface area contributed by atoms with Crippen molar-refractivity contribution in [3.8, 4) is 5.75 Å². The maximum Gasteiger partial charge on any atom is 0.231 e. The summed E-state index contributed by atoms with van der Waals surface area (Å²) in [4.78, 5) is 4.61. The molecule has 1 aliphatic rings. The molecule has 5 heteroatoms. The summed E-state index contributed by atoms with van der Waals surface area (Å²) in [5.41, 5.74) is -0.308. The van der Waals surface area contributed by atoms with Crippen LogP contribution in [0.1, 0.15) is 55.7 Å². The standard InChI is InChI=1S/C28H37N2O3/c1-30(2,19-12-20-32-25-17-10-5-11-18-25)22-26-21-29-27(33-26)28(31,23-13-6-3-7-14-23)24-15-8-4-9-16-24/h3,5-7,10-11,13-14,17-18,21,24,31H,4,8-9,12,15-16,19-20,22H2,1-2H3/q+1. The monoisotopic (exact) mass is 449 g/mol. The molecule has 1 fully saturated rings. The maximum atomic E-state index is 12.0. The third kappa shape index (κ3) is 5.84. The number of quaternary nitrogens is 1. The van der Waals surface area contributed by atoms with Crippen LogP contribution >= 0.6 is 0 Å². The second kappa shape index (κ2) is 10.5. The van der Waals surface area contributed by atoms with Crippen molar-refractivity contribution in [3.05, 3.63) is 84.1 Å². The van der Waals surface area contributed by atoms with E-state index in [0.717, 1.165) is 60.2 Å². The van der Waals surface area contributed by atoms with Gasteiger partial charge in [0.2, 0.25) is 5.89 Å². The summed E-state index contributed by atoms with van der Waals surface area (Å²) in [6, 6.07) is 19.8. The third-order valence-electron chi connectivity index (χ3n) is 6.79. The Labute approximate surface area is 197 Å². The Balaban J connectivity index is 1.42. The van der Waals surface area contributed by atoms with Gasteiger partial charge in [0, 0.05) is 12.3 Å². The lowest BCUT2D eigenvalue weighted by Gasteiger charge is -2.36. The van der Waals surface area contributed by atoms with Gasteiger partial charge in [-0.3, -0.25) is 0 Å². The minimum Gasteiger partial charge on any atom is -0.493 e. The Hall–Kier alpha value is -2.63. The molecule has 1 heterocycles. The van der Waals surface area contributed by atoms with Crippen molar-refractivity contribution in [2.75, 3.05) is 27.2 Å². The van der Waals surface area contributed by atoms with E-state index in [9.17, 15) is 5.11 Å². The van der Waals surface area contributed by atoms with Crippen LogP contribution in [0.25, 0.3) is 0 Å². The zero-order chi connectivity index (χ0) is 23.2. The number of oxazole rings is 1. The number of aromatic nitrogens is 1. The fourth-order valence-corrected chi connectivity index (χ4v) is 5.00. The summed E-state index contributed by atoms with van der Waals surface area (Å²) in [7, 11) is 4.38. The smallest absolute Gasteiger partial charge is 0.231 e. The summed E-state index contributed by atoms with van der Waals surface area (Å²) in [5, 5.41) is 12.0. The summed E-state index contributed by atoms with van der Waals surface area (Å²) in [5.74, 6) is 2.27. The van der Waals surface area contributed by atoms with E-state index in [1.807, 2.05) is 60.7 Å². The van der Waals surface area contributed by atoms with Gasteiger partial charge in [-0.25, -0.2) is 4.98 Å². The average Bonchev–Trinajstić information content (AvgIpc) is 3.31. The third-order valence-corrected chi connectivity index (χ3v) is 6.79. The van der Waals surface area contributed by atoms with E-state index in [1.165, 1.54) is 6.42 Å². The Morgan fingerprint density at radius 1 is 1.00 bits per heavy atom. The van der Waals surface area contributed by atoms with E-state index in [0.29, 0.717) is 19.0 Å². The number of ether oxygens (including phenoxy) is 1. The van der Waals surface area contributed by atoms with Gasteiger partial charge in [-0.1, -0.05) is 67.8 Å². The fraction of sp³-hybridized carbons (Fsp3) is 0.464. The van der Waals surface area contributed by atoms with Gasteiger partial charge in [0.05, 0.1) is 33.4 Å². The second-order valence-electron chi connectivity index (χ2n) is 9.93. The van der Waals surface area contributed by atoms with Crippen molar-refractivity contribution < 1.29 is 18.7 Å². The molecular weight excluding hydrogens is 412 g/mol. The molecule has 0 bridgehead atoms. The predicted octanol–water partition coefficient (Wildman–Crippen LogP) is 5.54. The van der Waals surface area contributed by atoms with Crippen molar-refractivity contribution in [1.82, 2.24) is 4.98 Å². The van der Waals surface area contributed by atoms with Crippen LogP contribution in [0.4, 0.5) is 0 Å². The Kier molecular flexibility index (Phi) is 7.51. The van der Waals surface area contributed by atoms with Crippen molar-refractivity contribution in [2.45, 2.75) is 50.7 Å². The molecular formula is C28H37N2O3+. The quantitative estimate of drug-likeness (QED) is 0.326. The number of nitrogens with zero attached hydrogens (tertiary/aromatic N) is 2. The largest absolute Gasteiger partial charge is 0.493 e. The zero-order valence-corrected chi connectivity index (χ0v) is 20.0. The van der Waals surface area contributed by atoms with E-state index in [4.69, 9.17) is 9.15 Å². The van der Waals surface area contributed by atoms with Crippen molar-refractivity contribution in [3.63, 3.8) is 0 Å². The van der Waals surface area contributed by atoms with Gasteiger partial charge in [-0.05, 0) is 30.5 Å². The molecule has 176 valence electrons. The molecule has 0 spiro atoms. The molecule has 1 unspecified atom stereocenters. The minimum atomic E-state index is -1.18. The first-order valence-electron chi connectivity index (χ1n) is 12.2. The van der Waals surface area contributed by atoms with Crippen LogP contribution in [0.5, 0.6) is 5.75 Å². The first-order chi connectivity index (χ1) is 16.0. The van der Waals surface area contributed by atoms with Crippen LogP contribution in [-0.4, -0.2) is 41.8 Å². The fourth-order valence-electron chi connectivity index (χ4n) is 5.00. The van der Waals surface area contributed by atoms with Crippen molar-refractivity contribution in [1.29, 1.82) is 0 Å². The number of benzene rings is 2. The topological polar surface area (TPSA) is 55.5 Å². The molecule has 0 radical (unpaired) electrons. The Morgan fingerprint density at radius 2 is 1.67 bits per heavy atom. The summed E-state index contributed by atoms with van der Waals surface area (Å²) in [6.45, 7) is 2.35. The van der Waals surface area contributed by atoms with Crippen LogP contribution in [0.2, 0.25) is 0 Å². The van der Waals surface area contributed by atoms with Gasteiger partial charge in [0.25, 0.3) is 0 Å². The van der Waals surface area contributed by atoms with Crippen LogP contribution in [-0.2, 0) is 12.1 Å². The highest BCUT2D eigenvalue weighted by Gasteiger charge is 2.44. The highest BCUT2D eigenvalue weighted by molar-refractivity contribution is 5.30. The summed E-state index contributed by atoms with van der Waals surface area (Å²) >= 11 is 0. The van der Waals surface area contributed by atoms with Crippen molar-refractivity contribution in [2.24, 2.45) is 5.92 Å². The molecule has 1 aromatic heterocycles. The van der Waals surface area contributed by atoms with E-state index in [2.05, 4.69) is 19.1 Å². The Morgan fingerprint density at radius 3 is 2.36 bits per heavy atom. The first-order valence-corrected chi connectivity index (χ1v) is 12.2. The molecule has 1 atom stereocenters. The van der Waals surface area contributed by atoms with Crippen LogP contribution in [0.3, 0.4) is 0 Å². The van der Waals surface area contributed by atoms with Crippen LogP contribution < -0.4 is 4.74 Å². The zero-order valence-electron chi connectivity index (χ0n) is 20.0. The molecule has 33 heavy (non-hydrogen) atoms. The van der Waals surface area contributed by atoms with Gasteiger partial charge < -0.3 is 18.7 Å². The van der Waals surface area contributed by atoms with Crippen molar-refractivity contribution >= 4 is 0 Å². The van der Waals surface area contributed by atoms with Gasteiger partial charge in [0.1, 0.15) is 12.3 Å². The highest BCUT2D eigenvalue weighted by atomic mass is 16.5. The molecule has 0 aliphatic heterocycles.